The molecule has 78 heavy (non-hydrogen) atoms. The van der Waals surface area contributed by atoms with Gasteiger partial charge in [0.25, 0.3) is 0 Å². The highest BCUT2D eigenvalue weighted by atomic mass is 14.8. The molecule has 0 saturated heterocycles. The fraction of sp³-hybridized carbons (Fsp3) is 0.763. The molecule has 0 spiro atoms. The normalized spacial score (nSPS) is 12.2. The van der Waals surface area contributed by atoms with E-state index >= 15 is 0 Å². The fourth-order valence-electron chi connectivity index (χ4n) is 11.5. The second-order valence-corrected chi connectivity index (χ2v) is 24.4. The van der Waals surface area contributed by atoms with E-state index in [0.717, 1.165) is 62.0 Å². The predicted molar refractivity (Wildman–Crippen MR) is 356 cm³/mol. The SMILES string of the molecule is CCCCCCCCCCCCCCCCCCCCCCCC/C=C/CCCc1ccccc1N=CC(CCCC)=Nc1ccccc1CCC/C=C/CCCCCCCCCCCCCCCCCCCCCCCC. The van der Waals surface area contributed by atoms with Crippen molar-refractivity contribution >= 4 is 23.3 Å². The maximum absolute atomic E-state index is 5.26. The third kappa shape index (κ3) is 47.0. The number of para-hydroxylation sites is 2. The lowest BCUT2D eigenvalue weighted by atomic mass is 10.0. The Labute approximate surface area is 488 Å². The molecule has 0 aromatic heterocycles. The van der Waals surface area contributed by atoms with Gasteiger partial charge in [-0.1, -0.05) is 358 Å². The number of allylic oxidation sites excluding steroid dienone is 4. The Balaban J connectivity index is 1.50. The number of benzene rings is 2. The van der Waals surface area contributed by atoms with Gasteiger partial charge in [-0.3, -0.25) is 9.98 Å². The molecule has 2 rings (SSSR count). The Morgan fingerprint density at radius 3 is 0.859 bits per heavy atom. The summed E-state index contributed by atoms with van der Waals surface area (Å²) in [7, 11) is 0. The molecular weight excluding hydrogens is 941 g/mol. The van der Waals surface area contributed by atoms with Crippen molar-refractivity contribution in [2.24, 2.45) is 9.98 Å². The maximum Gasteiger partial charge on any atom is 0.0665 e. The minimum absolute atomic E-state index is 0.961. The van der Waals surface area contributed by atoms with Gasteiger partial charge >= 0.3 is 0 Å². The number of unbranched alkanes of at least 4 members (excludes halogenated alkanes) is 47. The molecule has 2 aromatic carbocycles. The van der Waals surface area contributed by atoms with Crippen molar-refractivity contribution < 1.29 is 0 Å². The molecule has 0 radical (unpaired) electrons. The van der Waals surface area contributed by atoms with E-state index in [9.17, 15) is 0 Å². The van der Waals surface area contributed by atoms with Gasteiger partial charge in [-0.2, -0.15) is 0 Å². The zero-order valence-electron chi connectivity index (χ0n) is 52.8. The van der Waals surface area contributed by atoms with Crippen molar-refractivity contribution in [1.29, 1.82) is 0 Å². The van der Waals surface area contributed by atoms with Crippen molar-refractivity contribution in [1.82, 2.24) is 0 Å². The number of hydrogen-bond donors (Lipinski definition) is 0. The molecule has 0 aliphatic carbocycles. The monoisotopic (exact) mass is 1070 g/mol. The number of nitrogens with zero attached hydrogens (tertiary/aromatic N) is 2. The van der Waals surface area contributed by atoms with Gasteiger partial charge in [-0.05, 0) is 100 Å². The Hall–Kier alpha value is -2.74. The van der Waals surface area contributed by atoms with Crippen LogP contribution in [0.25, 0.3) is 0 Å². The van der Waals surface area contributed by atoms with E-state index in [2.05, 4.69) is 99.8 Å². The van der Waals surface area contributed by atoms with Gasteiger partial charge in [0.2, 0.25) is 0 Å². The first-order valence-corrected chi connectivity index (χ1v) is 35.4. The average Bonchev–Trinajstić information content (AvgIpc) is 3.46. The second kappa shape index (κ2) is 58.9. The van der Waals surface area contributed by atoms with E-state index in [-0.39, 0.29) is 0 Å². The maximum atomic E-state index is 5.26. The van der Waals surface area contributed by atoms with Crippen LogP contribution in [0.4, 0.5) is 11.4 Å². The van der Waals surface area contributed by atoms with E-state index < -0.39 is 0 Å². The van der Waals surface area contributed by atoms with Gasteiger partial charge in [0, 0.05) is 6.21 Å². The summed E-state index contributed by atoms with van der Waals surface area (Å²) in [6.45, 7) is 6.89. The molecule has 0 fully saturated rings. The van der Waals surface area contributed by atoms with Crippen LogP contribution in [0.3, 0.4) is 0 Å². The first-order chi connectivity index (χ1) is 38.8. The molecular formula is C76H132N2. The summed E-state index contributed by atoms with van der Waals surface area (Å²) in [6, 6.07) is 17.6. The summed E-state index contributed by atoms with van der Waals surface area (Å²) in [5.41, 5.74) is 6.02. The van der Waals surface area contributed by atoms with Gasteiger partial charge in [0.05, 0.1) is 17.1 Å². The lowest BCUT2D eigenvalue weighted by Crippen LogP contribution is -2.00. The second-order valence-electron chi connectivity index (χ2n) is 24.4. The van der Waals surface area contributed by atoms with E-state index in [4.69, 9.17) is 9.98 Å². The molecule has 0 aliphatic rings. The molecule has 0 bridgehead atoms. The third-order valence-electron chi connectivity index (χ3n) is 16.8. The van der Waals surface area contributed by atoms with Gasteiger partial charge in [0.1, 0.15) is 0 Å². The van der Waals surface area contributed by atoms with Crippen LogP contribution >= 0.6 is 0 Å². The van der Waals surface area contributed by atoms with Gasteiger partial charge in [-0.15, -0.1) is 0 Å². The highest BCUT2D eigenvalue weighted by Crippen LogP contribution is 2.25. The zero-order valence-corrected chi connectivity index (χ0v) is 52.8. The molecule has 0 atom stereocenters. The molecule has 0 saturated carbocycles. The van der Waals surface area contributed by atoms with Crippen LogP contribution in [0.2, 0.25) is 0 Å². The van der Waals surface area contributed by atoms with Gasteiger partial charge < -0.3 is 0 Å². The van der Waals surface area contributed by atoms with Crippen molar-refractivity contribution in [3.63, 3.8) is 0 Å². The van der Waals surface area contributed by atoms with Gasteiger partial charge in [0.15, 0.2) is 0 Å². The van der Waals surface area contributed by atoms with Crippen LogP contribution in [0, 0.1) is 0 Å². The summed E-state index contributed by atoms with van der Waals surface area (Å²) < 4.78 is 0. The van der Waals surface area contributed by atoms with Crippen molar-refractivity contribution in [3.05, 3.63) is 84.0 Å². The highest BCUT2D eigenvalue weighted by Gasteiger charge is 2.06. The van der Waals surface area contributed by atoms with E-state index in [1.165, 1.54) is 319 Å². The Morgan fingerprint density at radius 1 is 0.282 bits per heavy atom. The molecule has 0 heterocycles. The molecule has 0 amide bonds. The number of aryl methyl sites for hydroxylation is 2. The number of hydrogen-bond acceptors (Lipinski definition) is 2. The number of aliphatic imine (C=N–C) groups is 2. The zero-order chi connectivity index (χ0) is 55.4. The average molecular weight is 1070 g/mol. The Bertz CT molecular complexity index is 1650. The van der Waals surface area contributed by atoms with E-state index in [1.807, 2.05) is 0 Å². The molecule has 446 valence electrons. The molecule has 2 aromatic rings. The Morgan fingerprint density at radius 2 is 0.538 bits per heavy atom. The smallest absolute Gasteiger partial charge is 0.0665 e. The van der Waals surface area contributed by atoms with Gasteiger partial charge in [-0.25, -0.2) is 0 Å². The lowest BCUT2D eigenvalue weighted by Gasteiger charge is -2.08. The van der Waals surface area contributed by atoms with Crippen LogP contribution in [-0.4, -0.2) is 11.9 Å². The van der Waals surface area contributed by atoms with Crippen LogP contribution in [0.5, 0.6) is 0 Å². The lowest BCUT2D eigenvalue weighted by molar-refractivity contribution is 0.519. The Kier molecular flexibility index (Phi) is 53.9. The molecule has 0 N–H and O–H groups in total. The van der Waals surface area contributed by atoms with Crippen LogP contribution in [0.15, 0.2) is 82.8 Å². The predicted octanol–water partition coefficient (Wildman–Crippen LogP) is 27.1. The molecule has 0 unspecified atom stereocenters. The molecule has 2 heteroatoms. The van der Waals surface area contributed by atoms with E-state index in [0.29, 0.717) is 0 Å². The largest absolute Gasteiger partial charge is 0.255 e. The van der Waals surface area contributed by atoms with Crippen molar-refractivity contribution in [3.8, 4) is 0 Å². The minimum Gasteiger partial charge on any atom is -0.255 e. The summed E-state index contributed by atoms with van der Waals surface area (Å²) in [5.74, 6) is 0. The fourth-order valence-corrected chi connectivity index (χ4v) is 11.5. The van der Waals surface area contributed by atoms with Crippen LogP contribution in [-0.2, 0) is 12.8 Å². The van der Waals surface area contributed by atoms with Crippen LogP contribution < -0.4 is 0 Å². The highest BCUT2D eigenvalue weighted by molar-refractivity contribution is 6.31. The topological polar surface area (TPSA) is 24.7 Å². The first-order valence-electron chi connectivity index (χ1n) is 35.4. The van der Waals surface area contributed by atoms with Crippen molar-refractivity contribution in [2.45, 2.75) is 374 Å². The van der Waals surface area contributed by atoms with Crippen LogP contribution in [0.1, 0.15) is 372 Å². The summed E-state index contributed by atoms with van der Waals surface area (Å²) >= 11 is 0. The summed E-state index contributed by atoms with van der Waals surface area (Å²) in [6.07, 6.45) is 88.0. The number of rotatable bonds is 60. The molecule has 0 aliphatic heterocycles. The summed E-state index contributed by atoms with van der Waals surface area (Å²) in [5, 5.41) is 0. The first kappa shape index (κ1) is 71.4. The minimum atomic E-state index is 0.961. The van der Waals surface area contributed by atoms with E-state index in [1.54, 1.807) is 0 Å². The third-order valence-corrected chi connectivity index (χ3v) is 16.8. The molecule has 2 nitrogen and oxygen atoms in total. The van der Waals surface area contributed by atoms with Crippen molar-refractivity contribution in [2.75, 3.05) is 0 Å². The summed E-state index contributed by atoms with van der Waals surface area (Å²) in [4.78, 5) is 10.4. The quantitative estimate of drug-likeness (QED) is 0.0358. The standard InChI is InChI=1S/C76H132N2/c1-4-7-10-12-14-16-18-20-22-24-26-28-30-32-34-36-38-40-42-44-46-48-50-52-54-56-58-64-72-66-60-62-69-75(72)77-71-74(68-9-6-3)78-76-70-63-61-67-73(76)65-59-57-55-53-51-49-47-45-43-41-39-37-35-33-31-29-27-25-23-21-19-17-15-13-11-8-5-2/h52-55,60-63,66-67,69-71H,4-51,56-59,64-65,68H2,1-3H3/b54-52+,55-53+,77-71?,78-74?.